The molecule has 1 fully saturated rings. The minimum absolute atomic E-state index is 0.00551. The molecule has 0 spiro atoms. The number of hydrogen-bond donors (Lipinski definition) is 0. The molecule has 0 aliphatic carbocycles. The van der Waals surface area contributed by atoms with Crippen LogP contribution in [0.25, 0.3) is 0 Å². The molecule has 1 heterocycles. The van der Waals surface area contributed by atoms with Gasteiger partial charge in [-0.15, -0.1) is 0 Å². The minimum atomic E-state index is -1.11. The first-order valence-corrected chi connectivity index (χ1v) is 12.5. The van der Waals surface area contributed by atoms with Gasteiger partial charge in [0.2, 0.25) is 0 Å². The van der Waals surface area contributed by atoms with Crippen LogP contribution < -0.4 is 4.74 Å². The van der Waals surface area contributed by atoms with E-state index in [4.69, 9.17) is 14.2 Å². The zero-order valence-corrected chi connectivity index (χ0v) is 21.0. The molecular formula is C30H29NO7. The molecule has 0 unspecified atom stereocenters. The summed E-state index contributed by atoms with van der Waals surface area (Å²) in [5.41, 5.74) is 1.16. The van der Waals surface area contributed by atoms with Crippen molar-refractivity contribution in [2.45, 2.75) is 26.0 Å². The molecule has 8 heteroatoms. The average Bonchev–Trinajstić information content (AvgIpc) is 3.32. The maximum Gasteiger partial charge on any atom is 0.410 e. The number of amides is 1. The lowest BCUT2D eigenvalue weighted by molar-refractivity contribution is -0.149. The molecule has 1 amide bonds. The standard InChI is InChI=1S/C30H29NO7/c1-2-36-29(34)27-25(17-18-32)26(19-31(27)30(35)37-20-21-9-5-3-6-10-21)28(33)22-13-15-24(16-14-22)38-23-11-7-4-8-12-23/h3-16,18,25-27H,2,17,19-20H2,1H3/t25-,26-,27-/m0/s1. The van der Waals surface area contributed by atoms with Crippen LogP contribution in [0.5, 0.6) is 11.5 Å². The van der Waals surface area contributed by atoms with E-state index < -0.39 is 29.9 Å². The van der Waals surface area contributed by atoms with Crippen LogP contribution in [0, 0.1) is 11.8 Å². The second kappa shape index (κ2) is 12.7. The number of para-hydroxylation sites is 1. The number of nitrogens with zero attached hydrogens (tertiary/aromatic N) is 1. The molecule has 1 aliphatic heterocycles. The molecule has 0 saturated carbocycles. The number of rotatable bonds is 10. The molecule has 3 aromatic rings. The van der Waals surface area contributed by atoms with Crippen LogP contribution in [0.1, 0.15) is 29.3 Å². The zero-order valence-electron chi connectivity index (χ0n) is 21.0. The predicted octanol–water partition coefficient (Wildman–Crippen LogP) is 5.07. The Bertz CT molecular complexity index is 1240. The van der Waals surface area contributed by atoms with Gasteiger partial charge in [-0.25, -0.2) is 9.59 Å². The van der Waals surface area contributed by atoms with E-state index in [0.29, 0.717) is 23.3 Å². The first kappa shape index (κ1) is 26.6. The van der Waals surface area contributed by atoms with Crippen molar-refractivity contribution in [2.75, 3.05) is 13.2 Å². The SMILES string of the molecule is CCOC(=O)[C@@H]1[C@@H](CC=O)[C@@H](C(=O)c2ccc(Oc3ccccc3)cc2)CN1C(=O)OCc1ccccc1. The number of esters is 1. The lowest BCUT2D eigenvalue weighted by Gasteiger charge is -2.25. The van der Waals surface area contributed by atoms with E-state index in [0.717, 1.165) is 5.56 Å². The first-order chi connectivity index (χ1) is 18.5. The van der Waals surface area contributed by atoms with E-state index in [1.54, 1.807) is 31.2 Å². The van der Waals surface area contributed by atoms with Crippen LogP contribution in [0.2, 0.25) is 0 Å². The lowest BCUT2D eigenvalue weighted by atomic mass is 9.83. The fraction of sp³-hybridized carbons (Fsp3) is 0.267. The van der Waals surface area contributed by atoms with Gasteiger partial charge in [0.25, 0.3) is 0 Å². The number of carbonyl (C=O) groups excluding carboxylic acids is 4. The Hall–Kier alpha value is -4.46. The Balaban J connectivity index is 1.54. The quantitative estimate of drug-likeness (QED) is 0.211. The second-order valence-corrected chi connectivity index (χ2v) is 8.87. The fourth-order valence-electron chi connectivity index (χ4n) is 4.64. The Morgan fingerprint density at radius 2 is 1.50 bits per heavy atom. The summed E-state index contributed by atoms with van der Waals surface area (Å²) in [5.74, 6) is -1.27. The Labute approximate surface area is 221 Å². The molecule has 8 nitrogen and oxygen atoms in total. The highest BCUT2D eigenvalue weighted by molar-refractivity contribution is 6.00. The van der Waals surface area contributed by atoms with Crippen molar-refractivity contribution in [1.29, 1.82) is 0 Å². The van der Waals surface area contributed by atoms with Gasteiger partial charge >= 0.3 is 12.1 Å². The molecule has 0 bridgehead atoms. The van der Waals surface area contributed by atoms with Gasteiger partial charge in [-0.2, -0.15) is 0 Å². The van der Waals surface area contributed by atoms with E-state index in [-0.39, 0.29) is 32.0 Å². The van der Waals surface area contributed by atoms with Crippen LogP contribution in [-0.2, 0) is 25.7 Å². The summed E-state index contributed by atoms with van der Waals surface area (Å²) in [6.07, 6.45) is -0.172. The topological polar surface area (TPSA) is 99.2 Å². The molecule has 1 aliphatic rings. The highest BCUT2D eigenvalue weighted by Crippen LogP contribution is 2.36. The van der Waals surface area contributed by atoms with Crippen LogP contribution >= 0.6 is 0 Å². The molecule has 0 radical (unpaired) electrons. The van der Waals surface area contributed by atoms with Crippen molar-refractivity contribution in [3.63, 3.8) is 0 Å². The van der Waals surface area contributed by atoms with Gasteiger partial charge in [-0.3, -0.25) is 9.69 Å². The monoisotopic (exact) mass is 515 g/mol. The number of benzene rings is 3. The number of ketones is 1. The molecule has 0 N–H and O–H groups in total. The maximum atomic E-state index is 13.6. The maximum absolute atomic E-state index is 13.6. The van der Waals surface area contributed by atoms with Crippen molar-refractivity contribution in [2.24, 2.45) is 11.8 Å². The van der Waals surface area contributed by atoms with Crippen molar-refractivity contribution in [3.8, 4) is 11.5 Å². The van der Waals surface area contributed by atoms with E-state index in [9.17, 15) is 19.2 Å². The largest absolute Gasteiger partial charge is 0.464 e. The highest BCUT2D eigenvalue weighted by Gasteiger charge is 2.51. The van der Waals surface area contributed by atoms with Gasteiger partial charge in [0.05, 0.1) is 6.61 Å². The summed E-state index contributed by atoms with van der Waals surface area (Å²) in [4.78, 5) is 52.4. The van der Waals surface area contributed by atoms with Gasteiger partial charge in [-0.1, -0.05) is 48.5 Å². The van der Waals surface area contributed by atoms with E-state index in [1.165, 1.54) is 4.90 Å². The Morgan fingerprint density at radius 3 is 2.13 bits per heavy atom. The molecular weight excluding hydrogens is 486 g/mol. The summed E-state index contributed by atoms with van der Waals surface area (Å²) in [6, 6.07) is 23.9. The first-order valence-electron chi connectivity index (χ1n) is 12.5. The van der Waals surface area contributed by atoms with Crippen molar-refractivity contribution in [1.82, 2.24) is 4.90 Å². The number of likely N-dealkylation sites (tertiary alicyclic amines) is 1. The number of ether oxygens (including phenoxy) is 3. The highest BCUT2D eigenvalue weighted by atomic mass is 16.6. The average molecular weight is 516 g/mol. The summed E-state index contributed by atoms with van der Waals surface area (Å²) < 4.78 is 16.5. The third kappa shape index (κ3) is 6.26. The van der Waals surface area contributed by atoms with Gasteiger partial charge in [0.1, 0.15) is 30.4 Å². The second-order valence-electron chi connectivity index (χ2n) is 8.87. The number of hydrogen-bond acceptors (Lipinski definition) is 7. The Morgan fingerprint density at radius 1 is 0.868 bits per heavy atom. The summed E-state index contributed by atoms with van der Waals surface area (Å²) in [7, 11) is 0. The van der Waals surface area contributed by atoms with Crippen LogP contribution in [-0.4, -0.2) is 48.2 Å². The molecule has 196 valence electrons. The summed E-state index contributed by atoms with van der Waals surface area (Å²) >= 11 is 0. The van der Waals surface area contributed by atoms with E-state index >= 15 is 0 Å². The summed E-state index contributed by atoms with van der Waals surface area (Å²) in [5, 5.41) is 0. The number of Topliss-reactive ketones (excluding diaryl/α,β-unsaturated/α-hetero) is 1. The molecule has 0 aromatic heterocycles. The van der Waals surface area contributed by atoms with Crippen molar-refractivity contribution < 1.29 is 33.4 Å². The smallest absolute Gasteiger partial charge is 0.410 e. The lowest BCUT2D eigenvalue weighted by Crippen LogP contribution is -2.44. The predicted molar refractivity (Wildman–Crippen MR) is 139 cm³/mol. The normalized spacial score (nSPS) is 18.4. The number of carbonyl (C=O) groups is 4. The zero-order chi connectivity index (χ0) is 26.9. The molecule has 3 aromatic carbocycles. The van der Waals surface area contributed by atoms with Gasteiger partial charge in [0, 0.05) is 30.4 Å². The van der Waals surface area contributed by atoms with Crippen LogP contribution in [0.15, 0.2) is 84.9 Å². The van der Waals surface area contributed by atoms with E-state index in [1.807, 2.05) is 60.7 Å². The number of aldehydes is 1. The van der Waals surface area contributed by atoms with E-state index in [2.05, 4.69) is 0 Å². The third-order valence-corrected chi connectivity index (χ3v) is 6.44. The fourth-order valence-corrected chi connectivity index (χ4v) is 4.64. The molecule has 38 heavy (non-hydrogen) atoms. The van der Waals surface area contributed by atoms with Crippen LogP contribution in [0.4, 0.5) is 4.79 Å². The summed E-state index contributed by atoms with van der Waals surface area (Å²) in [6.45, 7) is 1.68. The van der Waals surface area contributed by atoms with Crippen LogP contribution in [0.3, 0.4) is 0 Å². The molecule has 3 atom stereocenters. The van der Waals surface area contributed by atoms with Gasteiger partial charge < -0.3 is 19.0 Å². The molecule has 4 rings (SSSR count). The van der Waals surface area contributed by atoms with Gasteiger partial charge in [-0.05, 0) is 48.9 Å². The van der Waals surface area contributed by atoms with Gasteiger partial charge in [0.15, 0.2) is 5.78 Å². The Kier molecular flexibility index (Phi) is 8.87. The minimum Gasteiger partial charge on any atom is -0.464 e. The third-order valence-electron chi connectivity index (χ3n) is 6.44. The van der Waals surface area contributed by atoms with Crippen molar-refractivity contribution in [3.05, 3.63) is 96.1 Å². The molecule has 1 saturated heterocycles. The van der Waals surface area contributed by atoms with Crippen molar-refractivity contribution >= 4 is 24.1 Å².